The molecule has 0 unspecified atom stereocenters. The zero-order valence-electron chi connectivity index (χ0n) is 16.4. The Kier molecular flexibility index (Phi) is 4.82. The number of benzene rings is 2. The Morgan fingerprint density at radius 3 is 2.69 bits per heavy atom. The van der Waals surface area contributed by atoms with Crippen molar-refractivity contribution in [1.82, 2.24) is 0 Å². The van der Waals surface area contributed by atoms with Crippen molar-refractivity contribution in [1.29, 1.82) is 0 Å². The van der Waals surface area contributed by atoms with Gasteiger partial charge in [0.15, 0.2) is 0 Å². The van der Waals surface area contributed by atoms with Gasteiger partial charge in [0.2, 0.25) is 17.7 Å². The number of nitrogens with one attached hydrogen (secondary N) is 1. The maximum absolute atomic E-state index is 13.7. The topological polar surface area (TPSA) is 69.7 Å². The second kappa shape index (κ2) is 7.31. The molecule has 0 bridgehead atoms. The van der Waals surface area contributed by atoms with Gasteiger partial charge in [-0.2, -0.15) is 0 Å². The lowest BCUT2D eigenvalue weighted by Crippen LogP contribution is -2.28. The summed E-state index contributed by atoms with van der Waals surface area (Å²) in [5, 5.41) is 2.70. The summed E-state index contributed by atoms with van der Waals surface area (Å²) >= 11 is 0. The summed E-state index contributed by atoms with van der Waals surface area (Å²) in [6, 6.07) is 10.1. The number of aryl methyl sites for hydroxylation is 1. The molecule has 29 heavy (non-hydrogen) atoms. The third kappa shape index (κ3) is 3.60. The van der Waals surface area contributed by atoms with Crippen LogP contribution in [0.15, 0.2) is 36.4 Å². The molecular formula is C22H22FN3O3. The maximum Gasteiger partial charge on any atom is 0.229 e. The predicted molar refractivity (Wildman–Crippen MR) is 108 cm³/mol. The smallest absolute Gasteiger partial charge is 0.229 e. The van der Waals surface area contributed by atoms with E-state index in [-0.39, 0.29) is 36.5 Å². The standard InChI is InChI=1S/C22H22FN3O3/c1-13-3-4-17(11-19(13)23)24-22(29)16-10-21(28)26(12-16)18-5-6-20-15(9-18)7-8-25(20)14(2)27/h3-6,9,11,16H,7-8,10,12H2,1-2H3,(H,24,29)/t16-/m1/s1. The SMILES string of the molecule is CC(=O)N1CCc2cc(N3C[C@H](C(=O)Nc4ccc(C)c(F)c4)CC3=O)ccc21. The fourth-order valence-corrected chi connectivity index (χ4v) is 3.93. The highest BCUT2D eigenvalue weighted by Gasteiger charge is 2.36. The molecule has 1 atom stereocenters. The summed E-state index contributed by atoms with van der Waals surface area (Å²) in [4.78, 5) is 40.2. The molecule has 7 heteroatoms. The first-order chi connectivity index (χ1) is 13.8. The average molecular weight is 395 g/mol. The van der Waals surface area contributed by atoms with Crippen LogP contribution in [0.3, 0.4) is 0 Å². The van der Waals surface area contributed by atoms with Crippen molar-refractivity contribution in [3.8, 4) is 0 Å². The largest absolute Gasteiger partial charge is 0.326 e. The van der Waals surface area contributed by atoms with E-state index in [1.54, 1.807) is 28.9 Å². The molecule has 4 rings (SSSR count). The molecule has 2 heterocycles. The van der Waals surface area contributed by atoms with Crippen molar-refractivity contribution in [2.75, 3.05) is 28.2 Å². The van der Waals surface area contributed by atoms with E-state index in [2.05, 4.69) is 5.32 Å². The minimum Gasteiger partial charge on any atom is -0.326 e. The van der Waals surface area contributed by atoms with E-state index in [4.69, 9.17) is 0 Å². The van der Waals surface area contributed by atoms with Gasteiger partial charge in [-0.3, -0.25) is 14.4 Å². The summed E-state index contributed by atoms with van der Waals surface area (Å²) < 4.78 is 13.7. The van der Waals surface area contributed by atoms with E-state index in [0.29, 0.717) is 17.8 Å². The molecule has 0 saturated carbocycles. The van der Waals surface area contributed by atoms with Gasteiger partial charge in [0, 0.05) is 43.5 Å². The number of halogens is 1. The average Bonchev–Trinajstić information content (AvgIpc) is 3.27. The number of fused-ring (bicyclic) bond motifs is 1. The lowest BCUT2D eigenvalue weighted by molar-refractivity contribution is -0.122. The highest BCUT2D eigenvalue weighted by atomic mass is 19.1. The molecule has 0 spiro atoms. The number of nitrogens with zero attached hydrogens (tertiary/aromatic N) is 2. The molecule has 2 aromatic rings. The first-order valence-corrected chi connectivity index (χ1v) is 9.62. The quantitative estimate of drug-likeness (QED) is 0.869. The highest BCUT2D eigenvalue weighted by molar-refractivity contribution is 6.04. The van der Waals surface area contributed by atoms with Gasteiger partial charge in [-0.15, -0.1) is 0 Å². The maximum atomic E-state index is 13.7. The predicted octanol–water partition coefficient (Wildman–Crippen LogP) is 3.03. The number of hydrogen-bond donors (Lipinski definition) is 1. The zero-order valence-corrected chi connectivity index (χ0v) is 16.4. The second-order valence-corrected chi connectivity index (χ2v) is 7.59. The van der Waals surface area contributed by atoms with E-state index < -0.39 is 5.92 Å². The summed E-state index contributed by atoms with van der Waals surface area (Å²) in [5.74, 6) is -1.31. The molecule has 2 aliphatic rings. The summed E-state index contributed by atoms with van der Waals surface area (Å²) in [6.07, 6.45) is 0.852. The van der Waals surface area contributed by atoms with Crippen LogP contribution in [0.1, 0.15) is 24.5 Å². The minimum atomic E-state index is -0.506. The third-order valence-corrected chi connectivity index (χ3v) is 5.59. The number of anilines is 3. The van der Waals surface area contributed by atoms with Crippen LogP contribution in [-0.4, -0.2) is 30.8 Å². The van der Waals surface area contributed by atoms with Crippen LogP contribution >= 0.6 is 0 Å². The van der Waals surface area contributed by atoms with Crippen LogP contribution in [0.4, 0.5) is 21.5 Å². The number of amides is 3. The Balaban J connectivity index is 1.47. The van der Waals surface area contributed by atoms with Crippen LogP contribution in [0, 0.1) is 18.7 Å². The van der Waals surface area contributed by atoms with Crippen molar-refractivity contribution < 1.29 is 18.8 Å². The Hall–Kier alpha value is -3.22. The summed E-state index contributed by atoms with van der Waals surface area (Å²) in [6.45, 7) is 4.10. The van der Waals surface area contributed by atoms with E-state index in [1.165, 1.54) is 13.0 Å². The number of carbonyl (C=O) groups excluding carboxylic acids is 3. The first kappa shape index (κ1) is 19.1. The van der Waals surface area contributed by atoms with Crippen LogP contribution in [0.25, 0.3) is 0 Å². The number of hydrogen-bond acceptors (Lipinski definition) is 3. The van der Waals surface area contributed by atoms with Crippen molar-refractivity contribution in [3.63, 3.8) is 0 Å². The van der Waals surface area contributed by atoms with Crippen LogP contribution in [0.5, 0.6) is 0 Å². The Labute approximate surface area is 168 Å². The van der Waals surface area contributed by atoms with E-state index in [1.807, 2.05) is 18.2 Å². The third-order valence-electron chi connectivity index (χ3n) is 5.59. The van der Waals surface area contributed by atoms with Gasteiger partial charge in [0.05, 0.1) is 5.92 Å². The first-order valence-electron chi connectivity index (χ1n) is 9.62. The van der Waals surface area contributed by atoms with Crippen LogP contribution in [-0.2, 0) is 20.8 Å². The lowest BCUT2D eigenvalue weighted by atomic mass is 10.1. The van der Waals surface area contributed by atoms with Crippen molar-refractivity contribution in [3.05, 3.63) is 53.3 Å². The normalized spacial score (nSPS) is 18.2. The van der Waals surface area contributed by atoms with Gasteiger partial charge in [0.1, 0.15) is 5.82 Å². The second-order valence-electron chi connectivity index (χ2n) is 7.59. The Morgan fingerprint density at radius 2 is 1.97 bits per heavy atom. The highest BCUT2D eigenvalue weighted by Crippen LogP contribution is 2.34. The molecular weight excluding hydrogens is 373 g/mol. The molecule has 150 valence electrons. The molecule has 2 aliphatic heterocycles. The van der Waals surface area contributed by atoms with Crippen molar-refractivity contribution in [2.45, 2.75) is 26.7 Å². The lowest BCUT2D eigenvalue weighted by Gasteiger charge is -2.19. The molecule has 6 nitrogen and oxygen atoms in total. The van der Waals surface area contributed by atoms with Crippen LogP contribution < -0.4 is 15.1 Å². The molecule has 0 radical (unpaired) electrons. The Bertz CT molecular complexity index is 1020. The monoisotopic (exact) mass is 395 g/mol. The van der Waals surface area contributed by atoms with Crippen LogP contribution in [0.2, 0.25) is 0 Å². The molecule has 1 saturated heterocycles. The minimum absolute atomic E-state index is 0.00183. The van der Waals surface area contributed by atoms with Gasteiger partial charge in [-0.25, -0.2) is 4.39 Å². The summed E-state index contributed by atoms with van der Waals surface area (Å²) in [5.41, 5.74) is 3.52. The molecule has 0 aromatic heterocycles. The van der Waals surface area contributed by atoms with E-state index in [0.717, 1.165) is 23.4 Å². The fraction of sp³-hybridized carbons (Fsp3) is 0.318. The van der Waals surface area contributed by atoms with Crippen molar-refractivity contribution >= 4 is 34.8 Å². The summed E-state index contributed by atoms with van der Waals surface area (Å²) in [7, 11) is 0. The van der Waals surface area contributed by atoms with Gasteiger partial charge < -0.3 is 15.1 Å². The van der Waals surface area contributed by atoms with Gasteiger partial charge in [0.25, 0.3) is 0 Å². The van der Waals surface area contributed by atoms with Gasteiger partial charge in [-0.05, 0) is 54.8 Å². The van der Waals surface area contributed by atoms with E-state index >= 15 is 0 Å². The van der Waals surface area contributed by atoms with Gasteiger partial charge in [-0.1, -0.05) is 6.07 Å². The molecule has 1 fully saturated rings. The number of carbonyl (C=O) groups is 3. The van der Waals surface area contributed by atoms with Gasteiger partial charge >= 0.3 is 0 Å². The molecule has 1 N–H and O–H groups in total. The molecule has 0 aliphatic carbocycles. The molecule has 3 amide bonds. The zero-order chi connectivity index (χ0) is 20.7. The Morgan fingerprint density at radius 1 is 1.17 bits per heavy atom. The fourth-order valence-electron chi connectivity index (χ4n) is 3.93. The van der Waals surface area contributed by atoms with E-state index in [9.17, 15) is 18.8 Å². The molecule has 2 aromatic carbocycles. The van der Waals surface area contributed by atoms with Crippen molar-refractivity contribution in [2.24, 2.45) is 5.92 Å². The number of rotatable bonds is 3.